The van der Waals surface area contributed by atoms with Crippen molar-refractivity contribution in [3.05, 3.63) is 60.2 Å². The molecule has 1 amide bonds. The van der Waals surface area contributed by atoms with Crippen molar-refractivity contribution in [2.75, 3.05) is 42.9 Å². The lowest BCUT2D eigenvalue weighted by atomic mass is 9.99. The molecule has 0 saturated carbocycles. The van der Waals surface area contributed by atoms with Gasteiger partial charge in [0.1, 0.15) is 5.75 Å². The monoisotopic (exact) mass is 377 g/mol. The predicted octanol–water partition coefficient (Wildman–Crippen LogP) is 3.72. The fourth-order valence-electron chi connectivity index (χ4n) is 3.93. The number of rotatable bonds is 5. The number of anilines is 2. The molecule has 0 aliphatic carbocycles. The average molecular weight is 377 g/mol. The van der Waals surface area contributed by atoms with Gasteiger partial charge in [-0.2, -0.15) is 0 Å². The van der Waals surface area contributed by atoms with Gasteiger partial charge in [0, 0.05) is 37.6 Å². The molecule has 2 aliphatic rings. The SMILES string of the molecule is O=C(CN1CC=C(c2ccc(O)cc2)CC1)Nc1ccc(N2CCCC2)cc1. The molecule has 146 valence electrons. The van der Waals surface area contributed by atoms with Gasteiger partial charge < -0.3 is 15.3 Å². The average Bonchev–Trinajstić information content (AvgIpc) is 3.25. The first-order chi connectivity index (χ1) is 13.7. The van der Waals surface area contributed by atoms with Crippen LogP contribution in [-0.4, -0.2) is 48.6 Å². The molecule has 0 atom stereocenters. The Kier molecular flexibility index (Phi) is 5.63. The lowest BCUT2D eigenvalue weighted by Gasteiger charge is -2.26. The Labute approximate surface area is 166 Å². The van der Waals surface area contributed by atoms with Crippen molar-refractivity contribution in [3.8, 4) is 5.75 Å². The van der Waals surface area contributed by atoms with E-state index in [1.807, 2.05) is 24.3 Å². The van der Waals surface area contributed by atoms with Crippen molar-refractivity contribution in [1.29, 1.82) is 0 Å². The highest BCUT2D eigenvalue weighted by Gasteiger charge is 2.16. The molecule has 0 spiro atoms. The second-order valence-electron chi connectivity index (χ2n) is 7.55. The molecule has 1 saturated heterocycles. The van der Waals surface area contributed by atoms with Crippen LogP contribution in [-0.2, 0) is 4.79 Å². The Hall–Kier alpha value is -2.79. The molecule has 0 aromatic heterocycles. The van der Waals surface area contributed by atoms with E-state index in [1.165, 1.54) is 24.1 Å². The zero-order valence-electron chi connectivity index (χ0n) is 16.1. The molecular weight excluding hydrogens is 350 g/mol. The molecule has 2 aliphatic heterocycles. The van der Waals surface area contributed by atoms with Gasteiger partial charge in [-0.1, -0.05) is 18.2 Å². The van der Waals surface area contributed by atoms with Crippen molar-refractivity contribution in [2.24, 2.45) is 0 Å². The molecule has 2 heterocycles. The number of hydrogen-bond donors (Lipinski definition) is 2. The van der Waals surface area contributed by atoms with Crippen LogP contribution in [0.4, 0.5) is 11.4 Å². The van der Waals surface area contributed by atoms with E-state index in [0.717, 1.165) is 43.9 Å². The molecule has 4 rings (SSSR count). The molecule has 2 aromatic rings. The van der Waals surface area contributed by atoms with Gasteiger partial charge in [-0.15, -0.1) is 0 Å². The van der Waals surface area contributed by atoms with Crippen molar-refractivity contribution >= 4 is 22.9 Å². The topological polar surface area (TPSA) is 55.8 Å². The minimum atomic E-state index is 0.0235. The fraction of sp³-hybridized carbons (Fsp3) is 0.348. The number of carbonyl (C=O) groups is 1. The van der Waals surface area contributed by atoms with E-state index in [4.69, 9.17) is 0 Å². The molecule has 5 heteroatoms. The number of carbonyl (C=O) groups excluding carboxylic acids is 1. The van der Waals surface area contributed by atoms with Gasteiger partial charge in [-0.25, -0.2) is 0 Å². The molecule has 1 fully saturated rings. The molecular formula is C23H27N3O2. The van der Waals surface area contributed by atoms with E-state index in [-0.39, 0.29) is 11.7 Å². The van der Waals surface area contributed by atoms with Crippen LogP contribution in [0.25, 0.3) is 5.57 Å². The summed E-state index contributed by atoms with van der Waals surface area (Å²) in [7, 11) is 0. The van der Waals surface area contributed by atoms with Crippen molar-refractivity contribution < 1.29 is 9.90 Å². The third-order valence-electron chi connectivity index (χ3n) is 5.52. The highest BCUT2D eigenvalue weighted by molar-refractivity contribution is 5.92. The van der Waals surface area contributed by atoms with E-state index in [2.05, 4.69) is 33.3 Å². The first-order valence-electron chi connectivity index (χ1n) is 10.0. The first-order valence-corrected chi connectivity index (χ1v) is 10.0. The maximum absolute atomic E-state index is 12.4. The van der Waals surface area contributed by atoms with Crippen LogP contribution in [0.15, 0.2) is 54.6 Å². The summed E-state index contributed by atoms with van der Waals surface area (Å²) >= 11 is 0. The zero-order valence-corrected chi connectivity index (χ0v) is 16.1. The summed E-state index contributed by atoms with van der Waals surface area (Å²) < 4.78 is 0. The minimum absolute atomic E-state index is 0.0235. The molecule has 0 unspecified atom stereocenters. The third-order valence-corrected chi connectivity index (χ3v) is 5.52. The minimum Gasteiger partial charge on any atom is -0.508 e. The second kappa shape index (κ2) is 8.48. The zero-order chi connectivity index (χ0) is 19.3. The normalized spacial score (nSPS) is 17.4. The molecule has 0 bridgehead atoms. The van der Waals surface area contributed by atoms with E-state index in [0.29, 0.717) is 6.54 Å². The quantitative estimate of drug-likeness (QED) is 0.834. The van der Waals surface area contributed by atoms with Crippen LogP contribution in [0.2, 0.25) is 0 Å². The summed E-state index contributed by atoms with van der Waals surface area (Å²) in [4.78, 5) is 16.9. The maximum Gasteiger partial charge on any atom is 0.238 e. The number of phenols is 1. The van der Waals surface area contributed by atoms with E-state index < -0.39 is 0 Å². The van der Waals surface area contributed by atoms with E-state index in [1.54, 1.807) is 12.1 Å². The molecule has 0 radical (unpaired) electrons. The van der Waals surface area contributed by atoms with Crippen molar-refractivity contribution in [1.82, 2.24) is 4.90 Å². The van der Waals surface area contributed by atoms with E-state index in [9.17, 15) is 9.90 Å². The second-order valence-corrected chi connectivity index (χ2v) is 7.55. The summed E-state index contributed by atoms with van der Waals surface area (Å²) in [5.74, 6) is 0.308. The standard InChI is InChI=1S/C23H27N3O2/c27-22-9-3-18(4-10-22)19-11-15-25(16-12-19)17-23(28)24-20-5-7-21(8-6-20)26-13-1-2-14-26/h3-11,27H,1-2,12-17H2,(H,24,28). The summed E-state index contributed by atoms with van der Waals surface area (Å²) in [6.07, 6.45) is 5.60. The van der Waals surface area contributed by atoms with Gasteiger partial charge in [0.25, 0.3) is 0 Å². The molecule has 2 aromatic carbocycles. The van der Waals surface area contributed by atoms with Gasteiger partial charge in [0.15, 0.2) is 0 Å². The lowest BCUT2D eigenvalue weighted by molar-refractivity contribution is -0.117. The summed E-state index contributed by atoms with van der Waals surface area (Å²) in [5.41, 5.74) is 4.50. The molecule has 2 N–H and O–H groups in total. The van der Waals surface area contributed by atoms with Crippen LogP contribution in [0.5, 0.6) is 5.75 Å². The Bertz CT molecular complexity index is 837. The molecule has 28 heavy (non-hydrogen) atoms. The largest absolute Gasteiger partial charge is 0.508 e. The van der Waals surface area contributed by atoms with Crippen LogP contribution >= 0.6 is 0 Å². The van der Waals surface area contributed by atoms with Gasteiger partial charge in [-0.05, 0) is 66.8 Å². The Morgan fingerprint density at radius 1 is 0.964 bits per heavy atom. The highest BCUT2D eigenvalue weighted by atomic mass is 16.3. The number of phenolic OH excluding ortho intramolecular Hbond substituents is 1. The van der Waals surface area contributed by atoms with Crippen LogP contribution in [0.1, 0.15) is 24.8 Å². The highest BCUT2D eigenvalue weighted by Crippen LogP contribution is 2.24. The van der Waals surface area contributed by atoms with Crippen molar-refractivity contribution in [2.45, 2.75) is 19.3 Å². The number of benzene rings is 2. The van der Waals surface area contributed by atoms with Gasteiger partial charge in [0.2, 0.25) is 5.91 Å². The van der Waals surface area contributed by atoms with Crippen LogP contribution in [0, 0.1) is 0 Å². The predicted molar refractivity (Wildman–Crippen MR) is 114 cm³/mol. The first kappa shape index (κ1) is 18.6. The maximum atomic E-state index is 12.4. The van der Waals surface area contributed by atoms with Crippen LogP contribution in [0.3, 0.4) is 0 Å². The number of nitrogens with zero attached hydrogens (tertiary/aromatic N) is 2. The Morgan fingerprint density at radius 3 is 2.32 bits per heavy atom. The van der Waals surface area contributed by atoms with Gasteiger partial charge >= 0.3 is 0 Å². The van der Waals surface area contributed by atoms with Crippen molar-refractivity contribution in [3.63, 3.8) is 0 Å². The Morgan fingerprint density at radius 2 is 1.68 bits per heavy atom. The number of hydrogen-bond acceptors (Lipinski definition) is 4. The van der Waals surface area contributed by atoms with Gasteiger partial charge in [0.05, 0.1) is 6.54 Å². The summed E-state index contributed by atoms with van der Waals surface area (Å²) in [5, 5.41) is 12.4. The van der Waals surface area contributed by atoms with Crippen LogP contribution < -0.4 is 10.2 Å². The number of aromatic hydroxyl groups is 1. The fourth-order valence-corrected chi connectivity index (χ4v) is 3.93. The Balaban J connectivity index is 1.28. The summed E-state index contributed by atoms with van der Waals surface area (Å²) in [6.45, 7) is 4.26. The smallest absolute Gasteiger partial charge is 0.238 e. The van der Waals surface area contributed by atoms with E-state index >= 15 is 0 Å². The molecule has 5 nitrogen and oxygen atoms in total. The summed E-state index contributed by atoms with van der Waals surface area (Å²) in [6, 6.07) is 15.5. The van der Waals surface area contributed by atoms with Gasteiger partial charge in [-0.3, -0.25) is 9.69 Å². The number of amides is 1. The third kappa shape index (κ3) is 4.54. The lowest BCUT2D eigenvalue weighted by Crippen LogP contribution is -2.36. The number of nitrogens with one attached hydrogen (secondary N) is 1.